The molecule has 0 aliphatic carbocycles. The maximum absolute atomic E-state index is 12.4. The second-order valence-electron chi connectivity index (χ2n) is 3.95. The minimum atomic E-state index is -4.56. The molecule has 0 bridgehead atoms. The number of anilines is 1. The topological polar surface area (TPSA) is 64.3 Å². The monoisotopic (exact) mass is 264 g/mol. The van der Waals surface area contributed by atoms with E-state index in [1.807, 2.05) is 19.0 Å². The summed E-state index contributed by atoms with van der Waals surface area (Å²) in [5.74, 6) is -0.610. The van der Waals surface area contributed by atoms with Gasteiger partial charge in [0.15, 0.2) is 5.69 Å². The van der Waals surface area contributed by atoms with Crippen molar-refractivity contribution in [1.29, 1.82) is 0 Å². The first-order valence-electron chi connectivity index (χ1n) is 5.28. The predicted octanol–water partition coefficient (Wildman–Crippen LogP) is 1.41. The molecule has 2 N–H and O–H groups in total. The number of nitrogen functional groups attached to an aromatic ring is 1. The van der Waals surface area contributed by atoms with E-state index in [-0.39, 0.29) is 12.5 Å². The number of alkyl halides is 3. The fourth-order valence-electron chi connectivity index (χ4n) is 1.22. The lowest BCUT2D eigenvalue weighted by Gasteiger charge is -2.11. The van der Waals surface area contributed by atoms with Crippen LogP contribution in [0.15, 0.2) is 6.07 Å². The maximum Gasteiger partial charge on any atom is 0.433 e. The number of halogens is 3. The van der Waals surface area contributed by atoms with Crippen molar-refractivity contribution in [1.82, 2.24) is 14.9 Å². The van der Waals surface area contributed by atoms with Crippen molar-refractivity contribution in [2.24, 2.45) is 0 Å². The zero-order chi connectivity index (χ0) is 13.8. The highest BCUT2D eigenvalue weighted by atomic mass is 19.4. The largest absolute Gasteiger partial charge is 0.477 e. The van der Waals surface area contributed by atoms with Crippen LogP contribution in [-0.4, -0.2) is 42.1 Å². The van der Waals surface area contributed by atoms with Gasteiger partial charge in [-0.2, -0.15) is 18.2 Å². The number of nitrogens with two attached hydrogens (primary N) is 1. The number of nitrogens with zero attached hydrogens (tertiary/aromatic N) is 3. The lowest BCUT2D eigenvalue weighted by atomic mass is 10.4. The summed E-state index contributed by atoms with van der Waals surface area (Å²) in [7, 11) is 3.79. The minimum Gasteiger partial charge on any atom is -0.477 e. The average Bonchev–Trinajstić information content (AvgIpc) is 2.22. The number of ether oxygens (including phenoxy) is 1. The van der Waals surface area contributed by atoms with Crippen molar-refractivity contribution >= 4 is 5.95 Å². The van der Waals surface area contributed by atoms with Gasteiger partial charge in [0, 0.05) is 12.6 Å². The Kier molecular flexibility index (Phi) is 4.71. The van der Waals surface area contributed by atoms with Crippen molar-refractivity contribution in [3.05, 3.63) is 11.8 Å². The van der Waals surface area contributed by atoms with Crippen LogP contribution in [0.3, 0.4) is 0 Å². The fourth-order valence-corrected chi connectivity index (χ4v) is 1.22. The molecule has 0 aromatic carbocycles. The van der Waals surface area contributed by atoms with Gasteiger partial charge in [-0.25, -0.2) is 4.98 Å². The van der Waals surface area contributed by atoms with E-state index in [0.29, 0.717) is 6.42 Å². The lowest BCUT2D eigenvalue weighted by molar-refractivity contribution is -0.141. The SMILES string of the molecule is CN(C)CCCOc1cc(C(F)(F)F)nc(N)n1. The summed E-state index contributed by atoms with van der Waals surface area (Å²) in [5.41, 5.74) is 4.10. The third kappa shape index (κ3) is 4.74. The predicted molar refractivity (Wildman–Crippen MR) is 60.1 cm³/mol. The number of aromatic nitrogens is 2. The molecule has 0 unspecified atom stereocenters. The highest BCUT2D eigenvalue weighted by Gasteiger charge is 2.33. The highest BCUT2D eigenvalue weighted by molar-refractivity contribution is 5.27. The van der Waals surface area contributed by atoms with Gasteiger partial charge in [0.05, 0.1) is 6.61 Å². The summed E-state index contributed by atoms with van der Waals surface area (Å²) in [6.07, 6.45) is -3.88. The van der Waals surface area contributed by atoms with E-state index >= 15 is 0 Å². The van der Waals surface area contributed by atoms with Crippen molar-refractivity contribution in [3.8, 4) is 5.88 Å². The Labute approximate surface area is 103 Å². The Balaban J connectivity index is 2.63. The molecule has 5 nitrogen and oxygen atoms in total. The summed E-state index contributed by atoms with van der Waals surface area (Å²) in [5, 5.41) is 0. The van der Waals surface area contributed by atoms with Crippen LogP contribution in [-0.2, 0) is 6.18 Å². The molecular weight excluding hydrogens is 249 g/mol. The van der Waals surface area contributed by atoms with Crippen LogP contribution in [0.2, 0.25) is 0 Å². The Morgan fingerprint density at radius 2 is 2.00 bits per heavy atom. The Bertz CT molecular complexity index is 395. The highest BCUT2D eigenvalue weighted by Crippen LogP contribution is 2.29. The molecule has 18 heavy (non-hydrogen) atoms. The Hall–Kier alpha value is -1.57. The molecule has 0 aliphatic heterocycles. The fraction of sp³-hybridized carbons (Fsp3) is 0.600. The van der Waals surface area contributed by atoms with E-state index in [2.05, 4.69) is 9.97 Å². The van der Waals surface area contributed by atoms with E-state index in [0.717, 1.165) is 12.6 Å². The van der Waals surface area contributed by atoms with Crippen molar-refractivity contribution < 1.29 is 17.9 Å². The zero-order valence-corrected chi connectivity index (χ0v) is 10.2. The minimum absolute atomic E-state index is 0.159. The molecule has 0 spiro atoms. The van der Waals surface area contributed by atoms with Gasteiger partial charge in [-0.05, 0) is 20.5 Å². The molecule has 1 aromatic heterocycles. The summed E-state index contributed by atoms with van der Waals surface area (Å²) in [6, 6.07) is 0.742. The standard InChI is InChI=1S/C10H15F3N4O/c1-17(2)4-3-5-18-8-6-7(10(11,12)13)15-9(14)16-8/h6H,3-5H2,1-2H3,(H2,14,15,16). The number of hydrogen-bond acceptors (Lipinski definition) is 5. The molecule has 1 heterocycles. The summed E-state index contributed by atoms with van der Waals surface area (Å²) in [6.45, 7) is 1.04. The van der Waals surface area contributed by atoms with Crippen molar-refractivity contribution in [3.63, 3.8) is 0 Å². The molecule has 1 rings (SSSR count). The van der Waals surface area contributed by atoms with E-state index in [4.69, 9.17) is 10.5 Å². The molecular formula is C10H15F3N4O. The first-order chi connectivity index (χ1) is 8.29. The smallest absolute Gasteiger partial charge is 0.433 e. The van der Waals surface area contributed by atoms with Crippen molar-refractivity contribution in [2.45, 2.75) is 12.6 Å². The van der Waals surface area contributed by atoms with E-state index in [1.165, 1.54) is 0 Å². The van der Waals surface area contributed by atoms with Gasteiger partial charge in [-0.3, -0.25) is 0 Å². The summed E-state index contributed by atoms with van der Waals surface area (Å²) < 4.78 is 42.4. The van der Waals surface area contributed by atoms with Gasteiger partial charge in [0.25, 0.3) is 0 Å². The maximum atomic E-state index is 12.4. The Morgan fingerprint density at radius 3 is 2.56 bits per heavy atom. The van der Waals surface area contributed by atoms with Crippen LogP contribution in [0, 0.1) is 0 Å². The molecule has 8 heteroatoms. The average molecular weight is 264 g/mol. The third-order valence-electron chi connectivity index (χ3n) is 2.01. The summed E-state index contributed by atoms with van der Waals surface area (Å²) >= 11 is 0. The van der Waals surface area contributed by atoms with Gasteiger partial charge in [0.2, 0.25) is 11.8 Å². The number of hydrogen-bond donors (Lipinski definition) is 1. The van der Waals surface area contributed by atoms with Gasteiger partial charge < -0.3 is 15.4 Å². The normalized spacial score (nSPS) is 11.9. The summed E-state index contributed by atoms with van der Waals surface area (Å²) in [4.78, 5) is 8.65. The van der Waals surface area contributed by atoms with Crippen LogP contribution in [0.1, 0.15) is 12.1 Å². The molecule has 1 aromatic rings. The molecule has 0 saturated carbocycles. The van der Waals surface area contributed by atoms with Gasteiger partial charge in [0.1, 0.15) is 0 Å². The third-order valence-corrected chi connectivity index (χ3v) is 2.01. The van der Waals surface area contributed by atoms with Crippen LogP contribution in [0.4, 0.5) is 19.1 Å². The molecule has 0 fully saturated rings. The second-order valence-corrected chi connectivity index (χ2v) is 3.95. The van der Waals surface area contributed by atoms with Gasteiger partial charge in [-0.1, -0.05) is 0 Å². The first kappa shape index (κ1) is 14.5. The Morgan fingerprint density at radius 1 is 1.33 bits per heavy atom. The molecule has 0 atom stereocenters. The van der Waals surface area contributed by atoms with Crippen LogP contribution in [0.25, 0.3) is 0 Å². The molecule has 102 valence electrons. The second kappa shape index (κ2) is 5.85. The molecule has 0 radical (unpaired) electrons. The molecule has 0 saturated heterocycles. The van der Waals surface area contributed by atoms with Crippen LogP contribution >= 0.6 is 0 Å². The van der Waals surface area contributed by atoms with E-state index in [1.54, 1.807) is 0 Å². The van der Waals surface area contributed by atoms with Crippen LogP contribution < -0.4 is 10.5 Å². The van der Waals surface area contributed by atoms with Gasteiger partial charge in [-0.15, -0.1) is 0 Å². The first-order valence-corrected chi connectivity index (χ1v) is 5.28. The van der Waals surface area contributed by atoms with Crippen LogP contribution in [0.5, 0.6) is 5.88 Å². The zero-order valence-electron chi connectivity index (χ0n) is 10.2. The van der Waals surface area contributed by atoms with E-state index < -0.39 is 17.8 Å². The van der Waals surface area contributed by atoms with Gasteiger partial charge >= 0.3 is 6.18 Å². The molecule has 0 aliphatic rings. The molecule has 0 amide bonds. The lowest BCUT2D eigenvalue weighted by Crippen LogP contribution is -2.16. The van der Waals surface area contributed by atoms with E-state index in [9.17, 15) is 13.2 Å². The van der Waals surface area contributed by atoms with Crippen molar-refractivity contribution in [2.75, 3.05) is 33.0 Å². The quantitative estimate of drug-likeness (QED) is 0.814. The number of rotatable bonds is 5.